The number of rotatable bonds is 4. The van der Waals surface area contributed by atoms with E-state index in [0.717, 1.165) is 18.9 Å². The lowest BCUT2D eigenvalue weighted by Crippen LogP contribution is -2.40. The van der Waals surface area contributed by atoms with Crippen LogP contribution in [0.2, 0.25) is 0 Å². The van der Waals surface area contributed by atoms with Gasteiger partial charge in [0.05, 0.1) is 6.61 Å². The van der Waals surface area contributed by atoms with Gasteiger partial charge in [-0.2, -0.15) is 0 Å². The van der Waals surface area contributed by atoms with Crippen molar-refractivity contribution in [3.63, 3.8) is 0 Å². The summed E-state index contributed by atoms with van der Waals surface area (Å²) in [5.41, 5.74) is 1.43. The largest absolute Gasteiger partial charge is 0.395 e. The maximum Gasteiger partial charge on any atom is 0.0584 e. The SMILES string of the molecule is OCC1CC(CCc2ccccc2)CCN1. The van der Waals surface area contributed by atoms with Crippen LogP contribution in [0.4, 0.5) is 0 Å². The Morgan fingerprint density at radius 3 is 2.81 bits per heavy atom. The van der Waals surface area contributed by atoms with Crippen LogP contribution in [0.15, 0.2) is 30.3 Å². The normalized spacial score (nSPS) is 25.6. The Morgan fingerprint density at radius 1 is 1.25 bits per heavy atom. The van der Waals surface area contributed by atoms with Crippen LogP contribution in [-0.2, 0) is 6.42 Å². The average molecular weight is 219 g/mol. The Bertz CT molecular complexity index is 299. The topological polar surface area (TPSA) is 32.3 Å². The van der Waals surface area contributed by atoms with Crippen molar-refractivity contribution in [1.82, 2.24) is 5.32 Å². The number of aryl methyl sites for hydroxylation is 1. The van der Waals surface area contributed by atoms with Gasteiger partial charge in [0.15, 0.2) is 0 Å². The molecule has 2 rings (SSSR count). The Morgan fingerprint density at radius 2 is 2.06 bits per heavy atom. The molecule has 0 aliphatic carbocycles. The fourth-order valence-electron chi connectivity index (χ4n) is 2.51. The highest BCUT2D eigenvalue weighted by atomic mass is 16.3. The molecule has 1 aliphatic heterocycles. The second kappa shape index (κ2) is 6.02. The van der Waals surface area contributed by atoms with Crippen molar-refractivity contribution in [2.24, 2.45) is 5.92 Å². The van der Waals surface area contributed by atoms with Gasteiger partial charge < -0.3 is 10.4 Å². The molecule has 0 aromatic heterocycles. The third kappa shape index (κ3) is 3.32. The molecule has 0 bridgehead atoms. The van der Waals surface area contributed by atoms with E-state index in [2.05, 4.69) is 35.6 Å². The zero-order valence-corrected chi connectivity index (χ0v) is 9.73. The van der Waals surface area contributed by atoms with Gasteiger partial charge in [-0.3, -0.25) is 0 Å². The number of benzene rings is 1. The highest BCUT2D eigenvalue weighted by molar-refractivity contribution is 5.14. The summed E-state index contributed by atoms with van der Waals surface area (Å²) < 4.78 is 0. The van der Waals surface area contributed by atoms with E-state index in [1.165, 1.54) is 24.8 Å². The summed E-state index contributed by atoms with van der Waals surface area (Å²) in [6.45, 7) is 1.34. The maximum atomic E-state index is 9.13. The maximum absolute atomic E-state index is 9.13. The van der Waals surface area contributed by atoms with Crippen LogP contribution >= 0.6 is 0 Å². The van der Waals surface area contributed by atoms with Gasteiger partial charge in [0, 0.05) is 6.04 Å². The second-order valence-corrected chi connectivity index (χ2v) is 4.75. The predicted octanol–water partition coefficient (Wildman–Crippen LogP) is 1.98. The molecule has 1 aliphatic rings. The van der Waals surface area contributed by atoms with E-state index in [9.17, 15) is 0 Å². The van der Waals surface area contributed by atoms with Crippen LogP contribution in [0.1, 0.15) is 24.8 Å². The first-order valence-corrected chi connectivity index (χ1v) is 6.26. The number of aliphatic hydroxyl groups excluding tert-OH is 1. The van der Waals surface area contributed by atoms with Gasteiger partial charge in [0.2, 0.25) is 0 Å². The first-order valence-electron chi connectivity index (χ1n) is 6.26. The molecule has 1 fully saturated rings. The van der Waals surface area contributed by atoms with Crippen molar-refractivity contribution >= 4 is 0 Å². The van der Waals surface area contributed by atoms with E-state index in [1.807, 2.05) is 0 Å². The lowest BCUT2D eigenvalue weighted by Gasteiger charge is -2.29. The molecule has 1 saturated heterocycles. The minimum absolute atomic E-state index is 0.280. The van der Waals surface area contributed by atoms with Crippen molar-refractivity contribution < 1.29 is 5.11 Å². The van der Waals surface area contributed by atoms with Crippen molar-refractivity contribution in [1.29, 1.82) is 0 Å². The second-order valence-electron chi connectivity index (χ2n) is 4.75. The summed E-state index contributed by atoms with van der Waals surface area (Å²) in [6, 6.07) is 11.0. The van der Waals surface area contributed by atoms with Gasteiger partial charge in [-0.15, -0.1) is 0 Å². The van der Waals surface area contributed by atoms with Crippen molar-refractivity contribution in [2.45, 2.75) is 31.7 Å². The van der Waals surface area contributed by atoms with Gasteiger partial charge >= 0.3 is 0 Å². The van der Waals surface area contributed by atoms with Crippen molar-refractivity contribution in [3.8, 4) is 0 Å². The summed E-state index contributed by atoms with van der Waals surface area (Å²) in [5, 5.41) is 12.5. The Hall–Kier alpha value is -0.860. The molecule has 1 aromatic rings. The average Bonchev–Trinajstić information content (AvgIpc) is 2.38. The summed E-state index contributed by atoms with van der Waals surface area (Å²) >= 11 is 0. The van der Waals surface area contributed by atoms with Crippen LogP contribution in [0.25, 0.3) is 0 Å². The number of hydrogen-bond acceptors (Lipinski definition) is 2. The first-order chi connectivity index (χ1) is 7.88. The monoisotopic (exact) mass is 219 g/mol. The first kappa shape index (κ1) is 11.6. The van der Waals surface area contributed by atoms with E-state index in [-0.39, 0.29) is 6.61 Å². The fourth-order valence-corrected chi connectivity index (χ4v) is 2.51. The van der Waals surface area contributed by atoms with E-state index in [4.69, 9.17) is 5.11 Å². The van der Waals surface area contributed by atoms with Gasteiger partial charge in [-0.1, -0.05) is 30.3 Å². The molecule has 1 aromatic carbocycles. The Balaban J connectivity index is 1.77. The van der Waals surface area contributed by atoms with Gasteiger partial charge in [0.1, 0.15) is 0 Å². The van der Waals surface area contributed by atoms with E-state index in [1.54, 1.807) is 0 Å². The van der Waals surface area contributed by atoms with Crippen LogP contribution in [0, 0.1) is 5.92 Å². The van der Waals surface area contributed by atoms with E-state index in [0.29, 0.717) is 6.04 Å². The van der Waals surface area contributed by atoms with E-state index < -0.39 is 0 Å². The van der Waals surface area contributed by atoms with Crippen LogP contribution in [-0.4, -0.2) is 24.3 Å². The van der Waals surface area contributed by atoms with Crippen molar-refractivity contribution in [3.05, 3.63) is 35.9 Å². The minimum Gasteiger partial charge on any atom is -0.395 e. The summed E-state index contributed by atoms with van der Waals surface area (Å²) in [7, 11) is 0. The fraction of sp³-hybridized carbons (Fsp3) is 0.571. The van der Waals surface area contributed by atoms with Crippen molar-refractivity contribution in [2.75, 3.05) is 13.2 Å². The molecule has 0 spiro atoms. The molecule has 1 heterocycles. The van der Waals surface area contributed by atoms with Gasteiger partial charge in [-0.25, -0.2) is 0 Å². The van der Waals surface area contributed by atoms with Crippen LogP contribution in [0.5, 0.6) is 0 Å². The molecule has 0 radical (unpaired) electrons. The lowest BCUT2D eigenvalue weighted by molar-refractivity contribution is 0.188. The quantitative estimate of drug-likeness (QED) is 0.811. The lowest BCUT2D eigenvalue weighted by atomic mass is 9.88. The molecule has 0 saturated carbocycles. The highest BCUT2D eigenvalue weighted by Crippen LogP contribution is 2.21. The summed E-state index contributed by atoms with van der Waals surface area (Å²) in [5.74, 6) is 0.776. The molecule has 16 heavy (non-hydrogen) atoms. The molecule has 2 nitrogen and oxygen atoms in total. The predicted molar refractivity (Wildman–Crippen MR) is 66.4 cm³/mol. The number of aliphatic hydroxyl groups is 1. The van der Waals surface area contributed by atoms with Crippen LogP contribution in [0.3, 0.4) is 0 Å². The van der Waals surface area contributed by atoms with E-state index >= 15 is 0 Å². The Labute approximate surface area is 97.7 Å². The zero-order chi connectivity index (χ0) is 11.2. The molecule has 0 amide bonds. The molecular weight excluding hydrogens is 198 g/mol. The third-order valence-corrected chi connectivity index (χ3v) is 3.51. The third-order valence-electron chi connectivity index (χ3n) is 3.51. The zero-order valence-electron chi connectivity index (χ0n) is 9.73. The van der Waals surface area contributed by atoms with Gasteiger partial charge in [-0.05, 0) is 43.7 Å². The minimum atomic E-state index is 0.280. The van der Waals surface area contributed by atoms with Crippen LogP contribution < -0.4 is 5.32 Å². The number of piperidine rings is 1. The molecule has 2 heteroatoms. The molecular formula is C14H21NO. The smallest absolute Gasteiger partial charge is 0.0584 e. The molecule has 2 atom stereocenters. The van der Waals surface area contributed by atoms with Gasteiger partial charge in [0.25, 0.3) is 0 Å². The molecule has 2 N–H and O–H groups in total. The summed E-state index contributed by atoms with van der Waals surface area (Å²) in [4.78, 5) is 0. The summed E-state index contributed by atoms with van der Waals surface area (Å²) in [6.07, 6.45) is 4.80. The molecule has 2 unspecified atom stereocenters. The number of hydrogen-bond donors (Lipinski definition) is 2. The standard InChI is InChI=1S/C14H21NO/c16-11-14-10-13(8-9-15-14)7-6-12-4-2-1-3-5-12/h1-5,13-16H,6-11H2. The number of nitrogens with one attached hydrogen (secondary N) is 1. The Kier molecular flexibility index (Phi) is 4.37. The highest BCUT2D eigenvalue weighted by Gasteiger charge is 2.20. The molecule has 88 valence electrons.